The third kappa shape index (κ3) is 3.00. The number of nitrogens with zero attached hydrogens (tertiary/aromatic N) is 2. The van der Waals surface area contributed by atoms with Crippen molar-refractivity contribution in [3.63, 3.8) is 0 Å². The molecule has 0 atom stereocenters. The maximum absolute atomic E-state index is 5.31. The van der Waals surface area contributed by atoms with Gasteiger partial charge in [-0.3, -0.25) is 4.68 Å². The SMILES string of the molecule is COc1ccc(Br)cc1CNc1ccn(C)n1. The fourth-order valence-corrected chi connectivity index (χ4v) is 1.99. The molecule has 0 unspecified atom stereocenters. The number of nitrogens with one attached hydrogen (secondary N) is 1. The molecule has 1 N–H and O–H groups in total. The summed E-state index contributed by atoms with van der Waals surface area (Å²) < 4.78 is 8.11. The highest BCUT2D eigenvalue weighted by Crippen LogP contribution is 2.23. The smallest absolute Gasteiger partial charge is 0.148 e. The lowest BCUT2D eigenvalue weighted by Crippen LogP contribution is -2.02. The third-order valence-electron chi connectivity index (χ3n) is 2.42. The van der Waals surface area contributed by atoms with Crippen LogP contribution in [0.25, 0.3) is 0 Å². The molecule has 2 aromatic rings. The minimum Gasteiger partial charge on any atom is -0.496 e. The number of aromatic nitrogens is 2. The van der Waals surface area contributed by atoms with Crippen molar-refractivity contribution in [1.82, 2.24) is 9.78 Å². The van der Waals surface area contributed by atoms with Gasteiger partial charge in [-0.25, -0.2) is 0 Å². The topological polar surface area (TPSA) is 39.1 Å². The largest absolute Gasteiger partial charge is 0.496 e. The van der Waals surface area contributed by atoms with E-state index >= 15 is 0 Å². The zero-order valence-electron chi connectivity index (χ0n) is 9.77. The van der Waals surface area contributed by atoms with Crippen LogP contribution in [-0.2, 0) is 13.6 Å². The van der Waals surface area contributed by atoms with Gasteiger partial charge < -0.3 is 10.1 Å². The molecule has 1 aromatic heterocycles. The lowest BCUT2D eigenvalue weighted by Gasteiger charge is -2.09. The van der Waals surface area contributed by atoms with Crippen molar-refractivity contribution in [3.8, 4) is 5.75 Å². The van der Waals surface area contributed by atoms with Gasteiger partial charge in [0, 0.05) is 35.9 Å². The Balaban J connectivity index is 2.10. The second-order valence-electron chi connectivity index (χ2n) is 3.68. The van der Waals surface area contributed by atoms with Gasteiger partial charge in [-0.05, 0) is 18.2 Å². The molecule has 17 heavy (non-hydrogen) atoms. The first kappa shape index (κ1) is 12.0. The number of benzene rings is 1. The number of ether oxygens (including phenoxy) is 1. The first-order chi connectivity index (χ1) is 8.19. The fourth-order valence-electron chi connectivity index (χ4n) is 1.58. The Morgan fingerprint density at radius 3 is 2.88 bits per heavy atom. The van der Waals surface area contributed by atoms with Crippen molar-refractivity contribution in [2.75, 3.05) is 12.4 Å². The summed E-state index contributed by atoms with van der Waals surface area (Å²) in [4.78, 5) is 0. The molecule has 1 aromatic carbocycles. The summed E-state index contributed by atoms with van der Waals surface area (Å²) in [7, 11) is 3.57. The van der Waals surface area contributed by atoms with Crippen molar-refractivity contribution >= 4 is 21.7 Å². The van der Waals surface area contributed by atoms with Crippen LogP contribution in [0.4, 0.5) is 5.82 Å². The molecule has 0 saturated heterocycles. The molecule has 5 heteroatoms. The van der Waals surface area contributed by atoms with Crippen LogP contribution >= 0.6 is 15.9 Å². The van der Waals surface area contributed by atoms with E-state index in [4.69, 9.17) is 4.74 Å². The van der Waals surface area contributed by atoms with Crippen LogP contribution in [0.1, 0.15) is 5.56 Å². The summed E-state index contributed by atoms with van der Waals surface area (Å²) in [6.07, 6.45) is 1.90. The maximum Gasteiger partial charge on any atom is 0.148 e. The minimum absolute atomic E-state index is 0.680. The predicted molar refractivity (Wildman–Crippen MR) is 71.2 cm³/mol. The van der Waals surface area contributed by atoms with E-state index in [1.807, 2.05) is 37.5 Å². The van der Waals surface area contributed by atoms with Gasteiger partial charge in [0.05, 0.1) is 7.11 Å². The number of anilines is 1. The zero-order chi connectivity index (χ0) is 12.3. The molecule has 0 radical (unpaired) electrons. The summed E-state index contributed by atoms with van der Waals surface area (Å²) in [5.41, 5.74) is 1.09. The van der Waals surface area contributed by atoms with E-state index in [1.54, 1.807) is 11.8 Å². The van der Waals surface area contributed by atoms with Crippen LogP contribution in [0.2, 0.25) is 0 Å². The molecular weight excluding hydrogens is 282 g/mol. The summed E-state index contributed by atoms with van der Waals surface area (Å²) in [6, 6.07) is 7.88. The first-order valence-electron chi connectivity index (χ1n) is 5.25. The number of hydrogen-bond donors (Lipinski definition) is 1. The molecule has 0 bridgehead atoms. The van der Waals surface area contributed by atoms with Crippen molar-refractivity contribution < 1.29 is 4.74 Å². The first-order valence-corrected chi connectivity index (χ1v) is 6.04. The molecular formula is C12H14BrN3O. The highest BCUT2D eigenvalue weighted by molar-refractivity contribution is 9.10. The second kappa shape index (κ2) is 5.23. The van der Waals surface area contributed by atoms with Crippen molar-refractivity contribution in [2.24, 2.45) is 7.05 Å². The fraction of sp³-hybridized carbons (Fsp3) is 0.250. The molecule has 0 amide bonds. The summed E-state index contributed by atoms with van der Waals surface area (Å²) in [5.74, 6) is 1.73. The van der Waals surface area contributed by atoms with Crippen molar-refractivity contribution in [3.05, 3.63) is 40.5 Å². The van der Waals surface area contributed by atoms with Gasteiger partial charge in [0.2, 0.25) is 0 Å². The summed E-state index contributed by atoms with van der Waals surface area (Å²) >= 11 is 3.45. The van der Waals surface area contributed by atoms with Gasteiger partial charge in [0.25, 0.3) is 0 Å². The van der Waals surface area contributed by atoms with E-state index in [1.165, 1.54) is 0 Å². The average molecular weight is 296 g/mol. The number of aryl methyl sites for hydroxylation is 1. The van der Waals surface area contributed by atoms with Gasteiger partial charge in [0.1, 0.15) is 11.6 Å². The lowest BCUT2D eigenvalue weighted by atomic mass is 10.2. The Morgan fingerprint density at radius 2 is 2.24 bits per heavy atom. The monoisotopic (exact) mass is 295 g/mol. The molecule has 0 spiro atoms. The number of halogens is 1. The van der Waals surface area contributed by atoms with Gasteiger partial charge in [-0.1, -0.05) is 15.9 Å². The van der Waals surface area contributed by atoms with E-state index in [9.17, 15) is 0 Å². The Labute approximate surface area is 109 Å². The Bertz CT molecular complexity index is 510. The number of hydrogen-bond acceptors (Lipinski definition) is 3. The number of rotatable bonds is 4. The standard InChI is InChI=1S/C12H14BrN3O/c1-16-6-5-12(15-16)14-8-9-7-10(13)3-4-11(9)17-2/h3-7H,8H2,1-2H3,(H,14,15). The lowest BCUT2D eigenvalue weighted by molar-refractivity contribution is 0.410. The van der Waals surface area contributed by atoms with Crippen LogP contribution in [0, 0.1) is 0 Å². The van der Waals surface area contributed by atoms with E-state index in [-0.39, 0.29) is 0 Å². The average Bonchev–Trinajstić information content (AvgIpc) is 2.73. The number of methoxy groups -OCH3 is 1. The van der Waals surface area contributed by atoms with Gasteiger partial charge in [-0.15, -0.1) is 0 Å². The Hall–Kier alpha value is -1.49. The van der Waals surface area contributed by atoms with Gasteiger partial charge in [0.15, 0.2) is 0 Å². The van der Waals surface area contributed by atoms with Crippen molar-refractivity contribution in [2.45, 2.75) is 6.54 Å². The zero-order valence-corrected chi connectivity index (χ0v) is 11.4. The van der Waals surface area contributed by atoms with Crippen LogP contribution in [0.5, 0.6) is 5.75 Å². The Morgan fingerprint density at radius 1 is 1.41 bits per heavy atom. The van der Waals surface area contributed by atoms with Crippen LogP contribution in [0.15, 0.2) is 34.9 Å². The van der Waals surface area contributed by atoms with Crippen LogP contribution in [-0.4, -0.2) is 16.9 Å². The third-order valence-corrected chi connectivity index (χ3v) is 2.91. The minimum atomic E-state index is 0.680. The van der Waals surface area contributed by atoms with E-state index in [0.717, 1.165) is 21.6 Å². The quantitative estimate of drug-likeness (QED) is 0.943. The molecule has 0 aliphatic rings. The Kier molecular flexibility index (Phi) is 3.68. The molecule has 0 aliphatic heterocycles. The van der Waals surface area contributed by atoms with Crippen LogP contribution in [0.3, 0.4) is 0 Å². The molecule has 2 rings (SSSR count). The molecule has 4 nitrogen and oxygen atoms in total. The highest BCUT2D eigenvalue weighted by atomic mass is 79.9. The highest BCUT2D eigenvalue weighted by Gasteiger charge is 2.04. The normalized spacial score (nSPS) is 10.3. The van der Waals surface area contributed by atoms with E-state index in [2.05, 4.69) is 26.3 Å². The molecule has 1 heterocycles. The van der Waals surface area contributed by atoms with E-state index < -0.39 is 0 Å². The summed E-state index contributed by atoms with van der Waals surface area (Å²) in [5, 5.41) is 7.51. The van der Waals surface area contributed by atoms with Crippen molar-refractivity contribution in [1.29, 1.82) is 0 Å². The molecule has 90 valence electrons. The van der Waals surface area contributed by atoms with E-state index in [0.29, 0.717) is 6.54 Å². The predicted octanol–water partition coefficient (Wildman–Crippen LogP) is 2.80. The molecule has 0 fully saturated rings. The van der Waals surface area contributed by atoms with Crippen LogP contribution < -0.4 is 10.1 Å². The maximum atomic E-state index is 5.31. The summed E-state index contributed by atoms with van der Waals surface area (Å²) in [6.45, 7) is 0.680. The second-order valence-corrected chi connectivity index (χ2v) is 4.60. The van der Waals surface area contributed by atoms with Gasteiger partial charge >= 0.3 is 0 Å². The van der Waals surface area contributed by atoms with Gasteiger partial charge in [-0.2, -0.15) is 5.10 Å². The molecule has 0 saturated carbocycles. The molecule has 0 aliphatic carbocycles.